The smallest absolute Gasteiger partial charge is 0.226 e. The fraction of sp³-hybridized carbons (Fsp3) is 0.500. The average Bonchev–Trinajstić information content (AvgIpc) is 3.02. The van der Waals surface area contributed by atoms with Crippen molar-refractivity contribution < 1.29 is 9.32 Å². The molecule has 5 heteroatoms. The molecular weight excluding hydrogens is 314 g/mol. The number of aryl methyl sites for hydroxylation is 1. The molecule has 0 spiro atoms. The van der Waals surface area contributed by atoms with Crippen LogP contribution in [-0.4, -0.2) is 35.6 Å². The number of amides is 1. The van der Waals surface area contributed by atoms with Crippen LogP contribution in [0.2, 0.25) is 0 Å². The van der Waals surface area contributed by atoms with E-state index >= 15 is 0 Å². The van der Waals surface area contributed by atoms with Gasteiger partial charge >= 0.3 is 0 Å². The molecule has 0 bridgehead atoms. The van der Waals surface area contributed by atoms with Gasteiger partial charge < -0.3 is 9.84 Å². The molecule has 1 atom stereocenters. The molecule has 5 nitrogen and oxygen atoms in total. The summed E-state index contributed by atoms with van der Waals surface area (Å²) in [6.07, 6.45) is 2.70. The minimum Gasteiger partial charge on any atom is -0.361 e. The molecule has 0 unspecified atom stereocenters. The largest absolute Gasteiger partial charge is 0.361 e. The van der Waals surface area contributed by atoms with E-state index in [0.717, 1.165) is 24.8 Å². The van der Waals surface area contributed by atoms with E-state index < -0.39 is 0 Å². The number of nitrogens with zero attached hydrogens (tertiary/aromatic N) is 2. The van der Waals surface area contributed by atoms with Crippen molar-refractivity contribution in [3.05, 3.63) is 53.4 Å². The maximum atomic E-state index is 12.3. The van der Waals surface area contributed by atoms with Crippen LogP contribution in [0.4, 0.5) is 0 Å². The van der Waals surface area contributed by atoms with Crippen molar-refractivity contribution in [3.63, 3.8) is 0 Å². The van der Waals surface area contributed by atoms with Crippen molar-refractivity contribution in [1.29, 1.82) is 0 Å². The summed E-state index contributed by atoms with van der Waals surface area (Å²) < 4.78 is 5.03. The highest BCUT2D eigenvalue weighted by Crippen LogP contribution is 2.26. The van der Waals surface area contributed by atoms with Crippen LogP contribution >= 0.6 is 0 Å². The Morgan fingerprint density at radius 3 is 2.68 bits per heavy atom. The van der Waals surface area contributed by atoms with Crippen LogP contribution in [0, 0.1) is 12.8 Å². The molecular formula is C20H27N3O2. The summed E-state index contributed by atoms with van der Waals surface area (Å²) in [5, 5.41) is 6.98. The number of carbonyl (C=O) groups is 1. The third kappa shape index (κ3) is 4.92. The predicted octanol–water partition coefficient (Wildman–Crippen LogP) is 3.11. The molecule has 1 aromatic carbocycles. The Morgan fingerprint density at radius 2 is 2.04 bits per heavy atom. The molecule has 1 N–H and O–H groups in total. The van der Waals surface area contributed by atoms with Gasteiger partial charge in [0.2, 0.25) is 5.91 Å². The number of rotatable bonds is 6. The van der Waals surface area contributed by atoms with E-state index in [1.54, 1.807) is 6.07 Å². The normalized spacial score (nSPS) is 17.4. The second-order valence-electron chi connectivity index (χ2n) is 7.05. The second kappa shape index (κ2) is 8.30. The van der Waals surface area contributed by atoms with Gasteiger partial charge in [0.15, 0.2) is 0 Å². The minimum absolute atomic E-state index is 0.0143. The van der Waals surface area contributed by atoms with Crippen LogP contribution in [0.5, 0.6) is 0 Å². The molecule has 0 aliphatic carbocycles. The molecule has 1 aliphatic rings. The number of hydrogen-bond donors (Lipinski definition) is 1. The lowest BCUT2D eigenvalue weighted by Gasteiger charge is -2.37. The summed E-state index contributed by atoms with van der Waals surface area (Å²) >= 11 is 0. The highest BCUT2D eigenvalue weighted by Gasteiger charge is 2.25. The first-order valence-corrected chi connectivity index (χ1v) is 9.09. The number of aromatic nitrogens is 1. The van der Waals surface area contributed by atoms with Crippen LogP contribution in [0.1, 0.15) is 42.8 Å². The van der Waals surface area contributed by atoms with E-state index in [1.165, 1.54) is 18.4 Å². The molecule has 1 aromatic heterocycles. The van der Waals surface area contributed by atoms with Gasteiger partial charge in [-0.1, -0.05) is 42.4 Å². The molecule has 1 saturated heterocycles. The lowest BCUT2D eigenvalue weighted by molar-refractivity contribution is -0.120. The van der Waals surface area contributed by atoms with Crippen LogP contribution in [-0.2, 0) is 11.2 Å². The van der Waals surface area contributed by atoms with Gasteiger partial charge in [0.25, 0.3) is 0 Å². The maximum Gasteiger partial charge on any atom is 0.226 e. The molecule has 1 amide bonds. The van der Waals surface area contributed by atoms with Crippen molar-refractivity contribution >= 4 is 5.91 Å². The first-order chi connectivity index (χ1) is 12.1. The standard InChI is InChI=1S/C20H27N3O2/c1-15-8-10-23(11-9-15)19(17-6-4-3-5-7-17)14-21-20(24)13-18-12-16(2)25-22-18/h3-7,12,15,19H,8-11,13-14H2,1-2H3,(H,21,24)/t19-/m0/s1. The van der Waals surface area contributed by atoms with Gasteiger partial charge in [-0.15, -0.1) is 0 Å². The molecule has 25 heavy (non-hydrogen) atoms. The molecule has 2 aromatic rings. The quantitative estimate of drug-likeness (QED) is 0.877. The third-order valence-electron chi connectivity index (χ3n) is 4.95. The Labute approximate surface area is 149 Å². The van der Waals surface area contributed by atoms with E-state index in [-0.39, 0.29) is 18.4 Å². The summed E-state index contributed by atoms with van der Waals surface area (Å²) in [7, 11) is 0. The van der Waals surface area contributed by atoms with Crippen LogP contribution in [0.15, 0.2) is 40.9 Å². The van der Waals surface area contributed by atoms with Crippen molar-refractivity contribution in [2.75, 3.05) is 19.6 Å². The topological polar surface area (TPSA) is 58.4 Å². The lowest BCUT2D eigenvalue weighted by Crippen LogP contribution is -2.42. The van der Waals surface area contributed by atoms with Gasteiger partial charge in [-0.25, -0.2) is 0 Å². The molecule has 3 rings (SSSR count). The van der Waals surface area contributed by atoms with Gasteiger partial charge in [-0.3, -0.25) is 9.69 Å². The molecule has 0 saturated carbocycles. The highest BCUT2D eigenvalue weighted by atomic mass is 16.5. The zero-order valence-corrected chi connectivity index (χ0v) is 15.1. The van der Waals surface area contributed by atoms with Gasteiger partial charge in [0, 0.05) is 12.6 Å². The van der Waals surface area contributed by atoms with Gasteiger partial charge in [-0.05, 0) is 44.3 Å². The van der Waals surface area contributed by atoms with Crippen LogP contribution < -0.4 is 5.32 Å². The Morgan fingerprint density at radius 1 is 1.32 bits per heavy atom. The van der Waals surface area contributed by atoms with Gasteiger partial charge in [-0.2, -0.15) is 0 Å². The first kappa shape index (κ1) is 17.7. The fourth-order valence-electron chi connectivity index (χ4n) is 3.41. The minimum atomic E-state index is -0.0143. The summed E-state index contributed by atoms with van der Waals surface area (Å²) in [6.45, 7) is 6.93. The lowest BCUT2D eigenvalue weighted by atomic mass is 9.95. The predicted molar refractivity (Wildman–Crippen MR) is 97.1 cm³/mol. The van der Waals surface area contributed by atoms with Gasteiger partial charge in [0.1, 0.15) is 5.76 Å². The number of carbonyl (C=O) groups excluding carboxylic acids is 1. The number of piperidine rings is 1. The van der Waals surface area contributed by atoms with E-state index in [2.05, 4.69) is 46.6 Å². The molecule has 0 radical (unpaired) electrons. The summed E-state index contributed by atoms with van der Waals surface area (Å²) in [6, 6.07) is 12.5. The number of hydrogen-bond acceptors (Lipinski definition) is 4. The highest BCUT2D eigenvalue weighted by molar-refractivity contribution is 5.78. The zero-order chi connectivity index (χ0) is 17.6. The summed E-state index contributed by atoms with van der Waals surface area (Å²) in [5.74, 6) is 1.50. The Kier molecular flexibility index (Phi) is 5.87. The number of benzene rings is 1. The van der Waals surface area contributed by atoms with E-state index in [0.29, 0.717) is 12.2 Å². The SMILES string of the molecule is Cc1cc(CC(=O)NC[C@@H](c2ccccc2)N2CCC(C)CC2)no1. The van der Waals surface area contributed by atoms with Crippen molar-refractivity contribution in [3.8, 4) is 0 Å². The zero-order valence-electron chi connectivity index (χ0n) is 15.1. The van der Waals surface area contributed by atoms with E-state index in [9.17, 15) is 4.79 Å². The van der Waals surface area contributed by atoms with Crippen molar-refractivity contribution in [2.45, 2.75) is 39.2 Å². The molecule has 134 valence electrons. The van der Waals surface area contributed by atoms with E-state index in [1.807, 2.05) is 13.0 Å². The van der Waals surface area contributed by atoms with Crippen LogP contribution in [0.25, 0.3) is 0 Å². The average molecular weight is 341 g/mol. The van der Waals surface area contributed by atoms with Gasteiger partial charge in [0.05, 0.1) is 18.2 Å². The van der Waals surface area contributed by atoms with E-state index in [4.69, 9.17) is 4.52 Å². The number of nitrogens with one attached hydrogen (secondary N) is 1. The monoisotopic (exact) mass is 341 g/mol. The van der Waals surface area contributed by atoms with Crippen LogP contribution in [0.3, 0.4) is 0 Å². The van der Waals surface area contributed by atoms with Crippen molar-refractivity contribution in [2.24, 2.45) is 5.92 Å². The fourth-order valence-corrected chi connectivity index (χ4v) is 3.41. The maximum absolute atomic E-state index is 12.3. The Bertz CT molecular complexity index is 675. The third-order valence-corrected chi connectivity index (χ3v) is 4.95. The second-order valence-corrected chi connectivity index (χ2v) is 7.05. The number of likely N-dealkylation sites (tertiary alicyclic amines) is 1. The van der Waals surface area contributed by atoms with Crippen molar-refractivity contribution in [1.82, 2.24) is 15.4 Å². The molecule has 1 aliphatic heterocycles. The molecule has 1 fully saturated rings. The Hall–Kier alpha value is -2.14. The molecule has 2 heterocycles. The summed E-state index contributed by atoms with van der Waals surface area (Å²) in [5.41, 5.74) is 1.94. The first-order valence-electron chi connectivity index (χ1n) is 9.09. The Balaban J connectivity index is 1.62. The summed E-state index contributed by atoms with van der Waals surface area (Å²) in [4.78, 5) is 14.8.